The maximum absolute atomic E-state index is 12.2. The number of carbonyl (C=O) groups is 1. The van der Waals surface area contributed by atoms with Crippen LogP contribution in [-0.2, 0) is 4.79 Å². The molecule has 3 fully saturated rings. The van der Waals surface area contributed by atoms with E-state index in [1.165, 1.54) is 57.9 Å². The minimum Gasteiger partial charge on any atom is -0.352 e. The largest absolute Gasteiger partial charge is 0.352 e. The minimum absolute atomic E-state index is 0.247. The van der Waals surface area contributed by atoms with Crippen LogP contribution in [0.4, 0.5) is 0 Å². The van der Waals surface area contributed by atoms with Crippen molar-refractivity contribution in [3.63, 3.8) is 0 Å². The highest BCUT2D eigenvalue weighted by Crippen LogP contribution is 2.26. The Labute approximate surface area is 135 Å². The summed E-state index contributed by atoms with van der Waals surface area (Å²) >= 11 is 0. The van der Waals surface area contributed by atoms with Crippen molar-refractivity contribution in [1.82, 2.24) is 15.5 Å². The van der Waals surface area contributed by atoms with E-state index >= 15 is 0 Å². The van der Waals surface area contributed by atoms with Crippen LogP contribution in [0.3, 0.4) is 0 Å². The van der Waals surface area contributed by atoms with Crippen molar-refractivity contribution in [2.45, 2.75) is 70.4 Å². The van der Waals surface area contributed by atoms with Crippen LogP contribution in [-0.4, -0.2) is 49.1 Å². The van der Waals surface area contributed by atoms with Crippen LogP contribution in [0.2, 0.25) is 0 Å². The lowest BCUT2D eigenvalue weighted by Gasteiger charge is -2.35. The third-order valence-corrected chi connectivity index (χ3v) is 6.05. The van der Waals surface area contributed by atoms with Gasteiger partial charge in [0.25, 0.3) is 0 Å². The smallest absolute Gasteiger partial charge is 0.234 e. The topological polar surface area (TPSA) is 44.4 Å². The number of likely N-dealkylation sites (tertiary alicyclic amines) is 1. The Morgan fingerprint density at radius 1 is 1.09 bits per heavy atom. The average Bonchev–Trinajstić information content (AvgIpc) is 3.05. The second kappa shape index (κ2) is 7.78. The molecule has 3 aliphatic rings. The third-order valence-electron chi connectivity index (χ3n) is 6.05. The quantitative estimate of drug-likeness (QED) is 0.836. The molecule has 0 aromatic heterocycles. The van der Waals surface area contributed by atoms with Crippen LogP contribution in [0, 0.1) is 11.8 Å². The Balaban J connectivity index is 1.34. The first-order valence-corrected chi connectivity index (χ1v) is 9.46. The standard InChI is InChI=1S/C18H33N3O/c1-14-4-6-16(7-5-14)20-18(22)13-21-11-8-15(9-12-21)17-3-2-10-19-17/h14-17,19H,2-13H2,1H3,(H,20,22). The molecule has 1 saturated carbocycles. The fraction of sp³-hybridized carbons (Fsp3) is 0.944. The molecular formula is C18H33N3O. The number of hydrogen-bond donors (Lipinski definition) is 2. The maximum Gasteiger partial charge on any atom is 0.234 e. The summed E-state index contributed by atoms with van der Waals surface area (Å²) in [6.45, 7) is 6.32. The number of piperidine rings is 1. The van der Waals surface area contributed by atoms with E-state index in [-0.39, 0.29) is 5.91 Å². The number of rotatable bonds is 4. The van der Waals surface area contributed by atoms with E-state index in [9.17, 15) is 4.79 Å². The van der Waals surface area contributed by atoms with Gasteiger partial charge in [-0.3, -0.25) is 9.69 Å². The van der Waals surface area contributed by atoms with Gasteiger partial charge in [-0.25, -0.2) is 0 Å². The monoisotopic (exact) mass is 307 g/mol. The lowest BCUT2D eigenvalue weighted by Crippen LogP contribution is -2.47. The normalized spacial score (nSPS) is 34.7. The van der Waals surface area contributed by atoms with E-state index in [1.54, 1.807) is 0 Å². The highest BCUT2D eigenvalue weighted by Gasteiger charge is 2.29. The van der Waals surface area contributed by atoms with Gasteiger partial charge in [0, 0.05) is 12.1 Å². The van der Waals surface area contributed by atoms with Crippen LogP contribution in [0.15, 0.2) is 0 Å². The molecule has 4 heteroatoms. The molecule has 3 rings (SSSR count). The summed E-state index contributed by atoms with van der Waals surface area (Å²) in [7, 11) is 0. The number of amides is 1. The van der Waals surface area contributed by atoms with Crippen LogP contribution in [0.5, 0.6) is 0 Å². The van der Waals surface area contributed by atoms with Crippen LogP contribution in [0.25, 0.3) is 0 Å². The molecule has 0 aromatic carbocycles. The van der Waals surface area contributed by atoms with Crippen molar-refractivity contribution < 1.29 is 4.79 Å². The molecule has 0 radical (unpaired) electrons. The number of hydrogen-bond acceptors (Lipinski definition) is 3. The minimum atomic E-state index is 0.247. The molecular weight excluding hydrogens is 274 g/mol. The molecule has 1 unspecified atom stereocenters. The van der Waals surface area contributed by atoms with Gasteiger partial charge in [0.1, 0.15) is 0 Å². The molecule has 2 saturated heterocycles. The van der Waals surface area contributed by atoms with E-state index in [0.29, 0.717) is 12.6 Å². The van der Waals surface area contributed by atoms with Crippen molar-refractivity contribution in [2.75, 3.05) is 26.2 Å². The van der Waals surface area contributed by atoms with Gasteiger partial charge in [0.05, 0.1) is 6.54 Å². The molecule has 0 spiro atoms. The lowest BCUT2D eigenvalue weighted by molar-refractivity contribution is -0.123. The molecule has 2 heterocycles. The summed E-state index contributed by atoms with van der Waals surface area (Å²) in [5.74, 6) is 1.93. The second-order valence-electron chi connectivity index (χ2n) is 7.84. The van der Waals surface area contributed by atoms with Crippen LogP contribution >= 0.6 is 0 Å². The highest BCUT2D eigenvalue weighted by atomic mass is 16.2. The average molecular weight is 307 g/mol. The zero-order valence-corrected chi connectivity index (χ0v) is 14.2. The Kier molecular flexibility index (Phi) is 5.75. The first kappa shape index (κ1) is 16.3. The summed E-state index contributed by atoms with van der Waals surface area (Å²) in [5, 5.41) is 6.90. The van der Waals surface area contributed by atoms with Crippen molar-refractivity contribution in [3.05, 3.63) is 0 Å². The molecule has 1 atom stereocenters. The molecule has 0 bridgehead atoms. The summed E-state index contributed by atoms with van der Waals surface area (Å²) in [4.78, 5) is 14.6. The first-order chi connectivity index (χ1) is 10.7. The molecule has 1 amide bonds. The number of carbonyl (C=O) groups excluding carboxylic acids is 1. The van der Waals surface area contributed by atoms with E-state index in [1.807, 2.05) is 0 Å². The first-order valence-electron chi connectivity index (χ1n) is 9.46. The SMILES string of the molecule is CC1CCC(NC(=O)CN2CCC(C3CCCN3)CC2)CC1. The van der Waals surface area contributed by atoms with Crippen molar-refractivity contribution in [2.24, 2.45) is 11.8 Å². The van der Waals surface area contributed by atoms with Crippen LogP contribution in [0.1, 0.15) is 58.3 Å². The molecule has 126 valence electrons. The zero-order chi connectivity index (χ0) is 15.4. The van der Waals surface area contributed by atoms with Crippen LogP contribution < -0.4 is 10.6 Å². The Morgan fingerprint density at radius 2 is 1.82 bits per heavy atom. The van der Waals surface area contributed by atoms with E-state index in [2.05, 4.69) is 22.5 Å². The van der Waals surface area contributed by atoms with Gasteiger partial charge in [-0.05, 0) is 82.8 Å². The van der Waals surface area contributed by atoms with Gasteiger partial charge in [0.2, 0.25) is 5.91 Å². The highest BCUT2D eigenvalue weighted by molar-refractivity contribution is 5.78. The second-order valence-corrected chi connectivity index (χ2v) is 7.84. The van der Waals surface area contributed by atoms with E-state index in [0.717, 1.165) is 31.0 Å². The molecule has 4 nitrogen and oxygen atoms in total. The zero-order valence-electron chi connectivity index (χ0n) is 14.2. The predicted octanol–water partition coefficient (Wildman–Crippen LogP) is 2.15. The van der Waals surface area contributed by atoms with Gasteiger partial charge < -0.3 is 10.6 Å². The molecule has 0 aromatic rings. The Morgan fingerprint density at radius 3 is 2.45 bits per heavy atom. The van der Waals surface area contributed by atoms with Crippen molar-refractivity contribution in [3.8, 4) is 0 Å². The maximum atomic E-state index is 12.2. The Bertz CT molecular complexity index is 351. The molecule has 2 N–H and O–H groups in total. The number of nitrogens with zero attached hydrogens (tertiary/aromatic N) is 1. The van der Waals surface area contributed by atoms with E-state index in [4.69, 9.17) is 0 Å². The number of nitrogens with one attached hydrogen (secondary N) is 2. The van der Waals surface area contributed by atoms with E-state index < -0.39 is 0 Å². The Hall–Kier alpha value is -0.610. The fourth-order valence-electron chi connectivity index (χ4n) is 4.51. The lowest BCUT2D eigenvalue weighted by atomic mass is 9.87. The molecule has 22 heavy (non-hydrogen) atoms. The molecule has 2 aliphatic heterocycles. The van der Waals surface area contributed by atoms with Gasteiger partial charge in [-0.15, -0.1) is 0 Å². The fourth-order valence-corrected chi connectivity index (χ4v) is 4.51. The van der Waals surface area contributed by atoms with Gasteiger partial charge in [-0.1, -0.05) is 6.92 Å². The van der Waals surface area contributed by atoms with Gasteiger partial charge in [0.15, 0.2) is 0 Å². The summed E-state index contributed by atoms with van der Waals surface area (Å²) in [5.41, 5.74) is 0. The summed E-state index contributed by atoms with van der Waals surface area (Å²) < 4.78 is 0. The van der Waals surface area contributed by atoms with Crippen molar-refractivity contribution in [1.29, 1.82) is 0 Å². The third kappa shape index (κ3) is 4.45. The van der Waals surface area contributed by atoms with Gasteiger partial charge >= 0.3 is 0 Å². The summed E-state index contributed by atoms with van der Waals surface area (Å²) in [6.07, 6.45) is 10.1. The summed E-state index contributed by atoms with van der Waals surface area (Å²) in [6, 6.07) is 1.18. The van der Waals surface area contributed by atoms with Crippen molar-refractivity contribution >= 4 is 5.91 Å². The molecule has 1 aliphatic carbocycles. The predicted molar refractivity (Wildman–Crippen MR) is 89.8 cm³/mol. The van der Waals surface area contributed by atoms with Gasteiger partial charge in [-0.2, -0.15) is 0 Å².